The molecule has 0 aliphatic rings. The standard InChI is InChI=1S/C31H24F5N/c1-2-3-4-20-14-27(32)25(28(33)15-20)12-7-19-6-11-24-23(13-19)10-9-22(31(24)36)8-5-21-16-29(34)26(18-37)30(35)17-21/h2,6,9-11,13-17H,1,3-5,7-8,12H2. The first kappa shape index (κ1) is 26.1. The number of halogens is 5. The van der Waals surface area contributed by atoms with Gasteiger partial charge in [0.1, 0.15) is 40.7 Å². The van der Waals surface area contributed by atoms with Gasteiger partial charge in [-0.2, -0.15) is 5.26 Å². The molecule has 0 heterocycles. The fourth-order valence-electron chi connectivity index (χ4n) is 4.47. The minimum atomic E-state index is -0.938. The van der Waals surface area contributed by atoms with Gasteiger partial charge in [-0.05, 0) is 90.4 Å². The summed E-state index contributed by atoms with van der Waals surface area (Å²) in [6, 6.07) is 14.9. The van der Waals surface area contributed by atoms with Crippen molar-refractivity contribution in [1.29, 1.82) is 5.26 Å². The highest BCUT2D eigenvalue weighted by Crippen LogP contribution is 2.26. The van der Waals surface area contributed by atoms with E-state index < -0.39 is 34.6 Å². The third-order valence-electron chi connectivity index (χ3n) is 6.50. The van der Waals surface area contributed by atoms with E-state index in [1.54, 1.807) is 36.4 Å². The molecule has 188 valence electrons. The lowest BCUT2D eigenvalue weighted by Gasteiger charge is -2.11. The molecule has 0 atom stereocenters. The molecule has 4 aromatic rings. The Morgan fingerprint density at radius 3 is 1.95 bits per heavy atom. The Balaban J connectivity index is 1.47. The Bertz CT molecular complexity index is 1470. The fraction of sp³-hybridized carbons (Fsp3) is 0.194. The zero-order valence-electron chi connectivity index (χ0n) is 20.1. The van der Waals surface area contributed by atoms with Crippen molar-refractivity contribution in [3.05, 3.63) is 130 Å². The lowest BCUT2D eigenvalue weighted by Crippen LogP contribution is -2.02. The van der Waals surface area contributed by atoms with Crippen LogP contribution in [0.25, 0.3) is 10.8 Å². The van der Waals surface area contributed by atoms with E-state index in [4.69, 9.17) is 5.26 Å². The van der Waals surface area contributed by atoms with Gasteiger partial charge in [-0.25, -0.2) is 22.0 Å². The topological polar surface area (TPSA) is 23.8 Å². The predicted molar refractivity (Wildman–Crippen MR) is 135 cm³/mol. The first-order valence-corrected chi connectivity index (χ1v) is 12.0. The van der Waals surface area contributed by atoms with Crippen LogP contribution >= 0.6 is 0 Å². The molecule has 6 heteroatoms. The van der Waals surface area contributed by atoms with Gasteiger partial charge in [-0.15, -0.1) is 6.58 Å². The Morgan fingerprint density at radius 2 is 1.30 bits per heavy atom. The molecule has 0 unspecified atom stereocenters. The van der Waals surface area contributed by atoms with Gasteiger partial charge in [0.05, 0.1) is 0 Å². The molecule has 0 bridgehead atoms. The Kier molecular flexibility index (Phi) is 8.03. The number of hydrogen-bond acceptors (Lipinski definition) is 1. The van der Waals surface area contributed by atoms with E-state index >= 15 is 4.39 Å². The van der Waals surface area contributed by atoms with Crippen molar-refractivity contribution in [1.82, 2.24) is 0 Å². The summed E-state index contributed by atoms with van der Waals surface area (Å²) in [6.07, 6.45) is 3.83. The fourth-order valence-corrected chi connectivity index (χ4v) is 4.47. The zero-order valence-corrected chi connectivity index (χ0v) is 20.1. The highest BCUT2D eigenvalue weighted by atomic mass is 19.1. The summed E-state index contributed by atoms with van der Waals surface area (Å²) in [4.78, 5) is 0. The lowest BCUT2D eigenvalue weighted by atomic mass is 9.96. The summed E-state index contributed by atoms with van der Waals surface area (Å²) in [5.41, 5.74) is 1.52. The average molecular weight is 506 g/mol. The number of fused-ring (bicyclic) bond motifs is 1. The number of hydrogen-bond donors (Lipinski definition) is 0. The van der Waals surface area contributed by atoms with Crippen LogP contribution in [-0.2, 0) is 32.1 Å². The monoisotopic (exact) mass is 505 g/mol. The van der Waals surface area contributed by atoms with Crippen molar-refractivity contribution in [3.63, 3.8) is 0 Å². The maximum atomic E-state index is 15.2. The lowest BCUT2D eigenvalue weighted by molar-refractivity contribution is 0.551. The van der Waals surface area contributed by atoms with Gasteiger partial charge in [0.25, 0.3) is 0 Å². The van der Waals surface area contributed by atoms with Crippen LogP contribution in [0.1, 0.15) is 39.8 Å². The molecule has 4 aromatic carbocycles. The number of rotatable bonds is 9. The first-order chi connectivity index (χ1) is 17.8. The molecule has 0 aliphatic carbocycles. The predicted octanol–water partition coefficient (Wildman–Crippen LogP) is 8.10. The van der Waals surface area contributed by atoms with Crippen LogP contribution in [0.4, 0.5) is 22.0 Å². The second kappa shape index (κ2) is 11.4. The van der Waals surface area contributed by atoms with Gasteiger partial charge in [0.15, 0.2) is 0 Å². The van der Waals surface area contributed by atoms with E-state index in [-0.39, 0.29) is 24.8 Å². The molecule has 0 spiro atoms. The van der Waals surface area contributed by atoms with E-state index in [0.717, 1.165) is 17.7 Å². The Hall–Kier alpha value is -3.98. The summed E-state index contributed by atoms with van der Waals surface area (Å²) in [7, 11) is 0. The Labute approximate surface area is 212 Å². The van der Waals surface area contributed by atoms with Gasteiger partial charge in [-0.1, -0.05) is 36.4 Å². The van der Waals surface area contributed by atoms with Crippen LogP contribution in [0.15, 0.2) is 67.3 Å². The quantitative estimate of drug-likeness (QED) is 0.167. The molecule has 4 rings (SSSR count). The number of nitriles is 1. The van der Waals surface area contributed by atoms with Crippen LogP contribution < -0.4 is 0 Å². The van der Waals surface area contributed by atoms with Crippen molar-refractivity contribution in [3.8, 4) is 6.07 Å². The van der Waals surface area contributed by atoms with Crippen LogP contribution in [-0.4, -0.2) is 0 Å². The molecule has 0 aromatic heterocycles. The molecule has 0 saturated heterocycles. The van der Waals surface area contributed by atoms with E-state index in [2.05, 4.69) is 6.58 Å². The van der Waals surface area contributed by atoms with Gasteiger partial charge < -0.3 is 0 Å². The summed E-state index contributed by atoms with van der Waals surface area (Å²) in [5, 5.41) is 9.83. The zero-order chi connectivity index (χ0) is 26.5. The number of allylic oxidation sites excluding steroid dienone is 1. The maximum absolute atomic E-state index is 15.2. The highest BCUT2D eigenvalue weighted by Gasteiger charge is 2.14. The average Bonchev–Trinajstić information content (AvgIpc) is 2.86. The van der Waals surface area contributed by atoms with E-state index in [0.29, 0.717) is 46.7 Å². The van der Waals surface area contributed by atoms with E-state index in [1.807, 2.05) is 0 Å². The minimum Gasteiger partial charge on any atom is -0.207 e. The number of aryl methyl sites for hydroxylation is 4. The van der Waals surface area contributed by atoms with Crippen molar-refractivity contribution in [2.45, 2.75) is 38.5 Å². The Morgan fingerprint density at radius 1 is 0.676 bits per heavy atom. The van der Waals surface area contributed by atoms with Crippen molar-refractivity contribution >= 4 is 10.8 Å². The van der Waals surface area contributed by atoms with E-state index in [9.17, 15) is 17.6 Å². The molecule has 0 N–H and O–H groups in total. The first-order valence-electron chi connectivity index (χ1n) is 12.0. The van der Waals surface area contributed by atoms with Crippen molar-refractivity contribution in [2.75, 3.05) is 0 Å². The molecule has 1 nitrogen and oxygen atoms in total. The third kappa shape index (κ3) is 5.89. The van der Waals surface area contributed by atoms with Crippen LogP contribution in [0.5, 0.6) is 0 Å². The third-order valence-corrected chi connectivity index (χ3v) is 6.50. The number of benzene rings is 4. The second-order valence-corrected chi connectivity index (χ2v) is 9.01. The van der Waals surface area contributed by atoms with Gasteiger partial charge >= 0.3 is 0 Å². The summed E-state index contributed by atoms with van der Waals surface area (Å²) in [5.74, 6) is -3.44. The summed E-state index contributed by atoms with van der Waals surface area (Å²) in [6.45, 7) is 3.62. The van der Waals surface area contributed by atoms with Crippen LogP contribution in [0, 0.1) is 40.4 Å². The second-order valence-electron chi connectivity index (χ2n) is 9.01. The molecular formula is C31H24F5N. The van der Waals surface area contributed by atoms with Crippen LogP contribution in [0.2, 0.25) is 0 Å². The molecular weight excluding hydrogens is 481 g/mol. The largest absolute Gasteiger partial charge is 0.207 e. The van der Waals surface area contributed by atoms with E-state index in [1.165, 1.54) is 18.2 Å². The molecule has 37 heavy (non-hydrogen) atoms. The van der Waals surface area contributed by atoms with Crippen molar-refractivity contribution in [2.24, 2.45) is 0 Å². The molecule has 0 radical (unpaired) electrons. The number of nitrogens with zero attached hydrogens (tertiary/aromatic N) is 1. The normalized spacial score (nSPS) is 11.0. The van der Waals surface area contributed by atoms with Gasteiger partial charge in [0, 0.05) is 10.9 Å². The molecule has 0 saturated carbocycles. The molecule has 0 aliphatic heterocycles. The maximum Gasteiger partial charge on any atom is 0.144 e. The van der Waals surface area contributed by atoms with Gasteiger partial charge in [-0.3, -0.25) is 0 Å². The minimum absolute atomic E-state index is 0.0275. The highest BCUT2D eigenvalue weighted by molar-refractivity contribution is 5.84. The molecule has 0 amide bonds. The summed E-state index contributed by atoms with van der Waals surface area (Å²) >= 11 is 0. The molecule has 0 fully saturated rings. The smallest absolute Gasteiger partial charge is 0.144 e. The van der Waals surface area contributed by atoms with Crippen LogP contribution in [0.3, 0.4) is 0 Å². The van der Waals surface area contributed by atoms with Crippen molar-refractivity contribution < 1.29 is 22.0 Å². The SMILES string of the molecule is C=CCCc1cc(F)c(CCc2ccc3c(F)c(CCc4cc(F)c(C#N)c(F)c4)ccc3c2)c(F)c1. The van der Waals surface area contributed by atoms with Gasteiger partial charge in [0.2, 0.25) is 0 Å². The summed E-state index contributed by atoms with van der Waals surface area (Å²) < 4.78 is 71.9.